The quantitative estimate of drug-likeness (QED) is 0.156. The van der Waals surface area contributed by atoms with E-state index in [2.05, 4.69) is 124 Å². The van der Waals surface area contributed by atoms with E-state index in [0.29, 0.717) is 0 Å². The van der Waals surface area contributed by atoms with E-state index in [9.17, 15) is 4.39 Å². The van der Waals surface area contributed by atoms with Crippen LogP contribution in [0, 0.1) is 18.2 Å². The maximum atomic E-state index is 13.7. The molecule has 5 aromatic carbocycles. The molecule has 9 aromatic rings. The Labute approximate surface area is 374 Å². The van der Waals surface area contributed by atoms with Crippen LogP contribution >= 0.6 is 0 Å². The molecule has 309 valence electrons. The third-order valence-electron chi connectivity index (χ3n) is 10.3. The van der Waals surface area contributed by atoms with E-state index in [4.69, 9.17) is 9.40 Å². The number of nitrogens with zero attached hydrogens (tertiary/aromatic N) is 3. The van der Waals surface area contributed by atoms with Crippen molar-refractivity contribution < 1.29 is 28.9 Å². The van der Waals surface area contributed by atoms with Crippen molar-refractivity contribution in [2.75, 3.05) is 0 Å². The average molecular weight is 998 g/mol. The topological polar surface area (TPSA) is 51.8 Å². The summed E-state index contributed by atoms with van der Waals surface area (Å²) in [6.07, 6.45) is 6.79. The number of benzene rings is 5. The third-order valence-corrected chi connectivity index (χ3v) is 12.3. The maximum absolute atomic E-state index is 13.7. The molecule has 0 saturated carbocycles. The van der Waals surface area contributed by atoms with Gasteiger partial charge in [0, 0.05) is 66.2 Å². The molecule has 9 rings (SSSR count). The molecule has 0 unspecified atom stereocenters. The molecule has 0 atom stereocenters. The van der Waals surface area contributed by atoms with Gasteiger partial charge in [0.05, 0.1) is 25.2 Å². The summed E-state index contributed by atoms with van der Waals surface area (Å²) in [6.45, 7) is 15.9. The zero-order chi connectivity index (χ0) is 42.3. The smallest absolute Gasteiger partial charge is 0.144 e. The summed E-state index contributed by atoms with van der Waals surface area (Å²) in [7, 11) is -1.22. The van der Waals surface area contributed by atoms with E-state index in [1.165, 1.54) is 27.9 Å². The van der Waals surface area contributed by atoms with Gasteiger partial charge in [-0.1, -0.05) is 144 Å². The second-order valence-electron chi connectivity index (χ2n) is 17.4. The molecule has 0 saturated heterocycles. The third kappa shape index (κ3) is 11.5. The van der Waals surface area contributed by atoms with E-state index in [0.717, 1.165) is 67.7 Å². The van der Waals surface area contributed by atoms with Crippen LogP contribution in [0.4, 0.5) is 4.39 Å². The van der Waals surface area contributed by atoms with Crippen LogP contribution < -0.4 is 5.19 Å². The molecular formula is C54H52FIrN3OSi. The van der Waals surface area contributed by atoms with Crippen molar-refractivity contribution >= 4 is 35.2 Å². The average Bonchev–Trinajstić information content (AvgIpc) is 3.64. The first-order chi connectivity index (χ1) is 28.8. The molecule has 0 amide bonds. The summed E-state index contributed by atoms with van der Waals surface area (Å²) in [5, 5.41) is 3.51. The van der Waals surface area contributed by atoms with Crippen molar-refractivity contribution in [3.8, 4) is 44.9 Å². The molecule has 0 bridgehead atoms. The number of pyridine rings is 3. The number of aromatic nitrogens is 3. The molecule has 1 radical (unpaired) electrons. The Kier molecular flexibility index (Phi) is 14.4. The second kappa shape index (κ2) is 19.7. The Morgan fingerprint density at radius 2 is 1.18 bits per heavy atom. The fraction of sp³-hybridized carbons (Fsp3) is 0.167. The second-order valence-corrected chi connectivity index (χ2v) is 22.4. The van der Waals surface area contributed by atoms with Crippen molar-refractivity contribution in [3.05, 3.63) is 193 Å². The number of hydrogen-bond donors (Lipinski definition) is 0. The maximum Gasteiger partial charge on any atom is 0.144 e. The minimum atomic E-state index is -1.22. The molecule has 0 aliphatic heterocycles. The zero-order valence-electron chi connectivity index (χ0n) is 35.9. The van der Waals surface area contributed by atoms with Gasteiger partial charge in [-0.25, -0.2) is 4.39 Å². The molecular weight excluding hydrogens is 946 g/mol. The monoisotopic (exact) mass is 998 g/mol. The summed E-state index contributed by atoms with van der Waals surface area (Å²) in [5.41, 5.74) is 12.4. The van der Waals surface area contributed by atoms with Gasteiger partial charge in [0.1, 0.15) is 17.0 Å². The molecule has 0 spiro atoms. The number of furan rings is 1. The summed E-state index contributed by atoms with van der Waals surface area (Å²) >= 11 is 0. The van der Waals surface area contributed by atoms with Crippen LogP contribution in [0.25, 0.3) is 66.8 Å². The fourth-order valence-corrected chi connectivity index (χ4v) is 8.12. The van der Waals surface area contributed by atoms with E-state index >= 15 is 0 Å². The van der Waals surface area contributed by atoms with Gasteiger partial charge in [0.15, 0.2) is 0 Å². The first-order valence-electron chi connectivity index (χ1n) is 20.5. The summed E-state index contributed by atoms with van der Waals surface area (Å²) in [6, 6.07) is 51.8. The van der Waals surface area contributed by atoms with Crippen LogP contribution in [-0.4, -0.2) is 23.0 Å². The molecule has 61 heavy (non-hydrogen) atoms. The Bertz CT molecular complexity index is 2780. The van der Waals surface area contributed by atoms with Gasteiger partial charge in [0.25, 0.3) is 0 Å². The molecule has 0 aliphatic carbocycles. The van der Waals surface area contributed by atoms with Crippen LogP contribution in [0.15, 0.2) is 181 Å². The number of fused-ring (bicyclic) bond motifs is 3. The molecule has 4 nitrogen and oxygen atoms in total. The molecule has 7 heteroatoms. The summed E-state index contributed by atoms with van der Waals surface area (Å²) in [5.74, 6) is -0.244. The van der Waals surface area contributed by atoms with Crippen molar-refractivity contribution in [2.24, 2.45) is 5.41 Å². The minimum absolute atomic E-state index is 0. The van der Waals surface area contributed by atoms with Crippen LogP contribution in [-0.2, 0) is 26.5 Å². The van der Waals surface area contributed by atoms with Crippen molar-refractivity contribution in [1.82, 2.24) is 15.0 Å². The van der Waals surface area contributed by atoms with Crippen LogP contribution in [0.5, 0.6) is 0 Å². The zero-order valence-corrected chi connectivity index (χ0v) is 39.3. The molecule has 4 aromatic heterocycles. The SMILES string of the molecule is C[Si](C)(C)c1ccc(-c2ccccc2)nc1.Cc1cnc(-c2cccc3c2oc2cc(-c4cccc(F)c4)ccc23)cc1CC(C)(C)C.[Ir].c1ccc(-c2ccccn2)cc1. The standard InChI is InChI=1S/C29H26FNO.C14H17NSi.C11H9N.Ir/c1-18-17-31-26(14-21(18)16-29(2,3)4)25-10-6-9-24-23-12-11-20(15-27(23)32-28(24)25)19-7-5-8-22(30)13-19;1-16(2,3)13-9-10-14(15-11-13)12-7-5-4-6-8-12;1-2-6-10(7-3-1)11-8-4-5-9-12-11;/h5-15,17H,16H2,1-4H3;4-11H,1-3H3;1-9H;. The number of para-hydroxylation sites is 1. The van der Waals surface area contributed by atoms with Crippen molar-refractivity contribution in [3.63, 3.8) is 0 Å². The van der Waals surface area contributed by atoms with Crippen LogP contribution in [0.2, 0.25) is 19.6 Å². The van der Waals surface area contributed by atoms with Gasteiger partial charge < -0.3 is 4.42 Å². The van der Waals surface area contributed by atoms with E-state index in [-0.39, 0.29) is 31.3 Å². The number of aryl methyl sites for hydroxylation is 1. The fourth-order valence-electron chi connectivity index (χ4n) is 7.08. The van der Waals surface area contributed by atoms with Crippen LogP contribution in [0.3, 0.4) is 0 Å². The molecule has 0 fully saturated rings. The van der Waals surface area contributed by atoms with Gasteiger partial charge in [-0.2, -0.15) is 0 Å². The van der Waals surface area contributed by atoms with Crippen LogP contribution in [0.1, 0.15) is 31.9 Å². The summed E-state index contributed by atoms with van der Waals surface area (Å²) < 4.78 is 20.1. The van der Waals surface area contributed by atoms with Gasteiger partial charge in [-0.3, -0.25) is 15.0 Å². The minimum Gasteiger partial charge on any atom is -0.455 e. The van der Waals surface area contributed by atoms with Gasteiger partial charge >= 0.3 is 0 Å². The summed E-state index contributed by atoms with van der Waals surface area (Å²) in [4.78, 5) is 13.5. The number of hydrogen-bond acceptors (Lipinski definition) is 4. The van der Waals surface area contributed by atoms with Crippen molar-refractivity contribution in [2.45, 2.75) is 53.8 Å². The molecule has 4 heterocycles. The Hall–Kier alpha value is -5.85. The predicted octanol–water partition coefficient (Wildman–Crippen LogP) is 14.4. The first kappa shape index (κ1) is 44.7. The van der Waals surface area contributed by atoms with Gasteiger partial charge in [-0.15, -0.1) is 0 Å². The Morgan fingerprint density at radius 1 is 0.557 bits per heavy atom. The predicted molar refractivity (Wildman–Crippen MR) is 253 cm³/mol. The number of halogens is 1. The molecule has 0 N–H and O–H groups in total. The van der Waals surface area contributed by atoms with Gasteiger partial charge in [-0.05, 0) is 101 Å². The Balaban J connectivity index is 0.000000178. The molecule has 0 aliphatic rings. The van der Waals surface area contributed by atoms with Crippen molar-refractivity contribution in [1.29, 1.82) is 0 Å². The van der Waals surface area contributed by atoms with E-state index in [1.807, 2.05) is 91.4 Å². The largest absolute Gasteiger partial charge is 0.455 e. The first-order valence-corrected chi connectivity index (χ1v) is 24.0. The Morgan fingerprint density at radius 3 is 1.79 bits per heavy atom. The van der Waals surface area contributed by atoms with E-state index < -0.39 is 8.07 Å². The van der Waals surface area contributed by atoms with E-state index in [1.54, 1.807) is 12.1 Å². The van der Waals surface area contributed by atoms with Gasteiger partial charge in [0.2, 0.25) is 0 Å². The number of rotatable bonds is 6. The normalized spacial score (nSPS) is 11.2.